The van der Waals surface area contributed by atoms with E-state index in [1.807, 2.05) is 24.3 Å². The van der Waals surface area contributed by atoms with E-state index in [4.69, 9.17) is 5.73 Å². The fourth-order valence-electron chi connectivity index (χ4n) is 1.79. The molecule has 1 amide bonds. The minimum atomic E-state index is -0.313. The molecule has 0 bridgehead atoms. The first-order valence-corrected chi connectivity index (χ1v) is 6.48. The zero-order valence-electron chi connectivity index (χ0n) is 9.83. The van der Waals surface area contributed by atoms with Gasteiger partial charge in [-0.3, -0.25) is 10.1 Å². The third-order valence-corrected chi connectivity index (χ3v) is 3.34. The van der Waals surface area contributed by atoms with Gasteiger partial charge in [0.2, 0.25) is 0 Å². The van der Waals surface area contributed by atoms with Crippen LogP contribution in [-0.2, 0) is 0 Å². The summed E-state index contributed by atoms with van der Waals surface area (Å²) in [6.07, 6.45) is 1.63. The molecule has 3 rings (SSSR count). The lowest BCUT2D eigenvalue weighted by Crippen LogP contribution is -2.14. The van der Waals surface area contributed by atoms with E-state index < -0.39 is 0 Å². The summed E-state index contributed by atoms with van der Waals surface area (Å²) in [5.74, 6) is 0.0368. The van der Waals surface area contributed by atoms with E-state index in [0.29, 0.717) is 10.9 Å². The van der Waals surface area contributed by atoms with E-state index in [2.05, 4.69) is 15.3 Å². The molecule has 0 spiro atoms. The molecule has 3 aromatic rings. The molecule has 0 aliphatic heterocycles. The number of rotatable bonds is 2. The van der Waals surface area contributed by atoms with Crippen LogP contribution < -0.4 is 11.1 Å². The molecule has 0 atom stereocenters. The standard InChI is InChI=1S/C13H10N4OS/c14-11-9-4-2-1-3-8(9)7-10(16-11)12(18)17-13-15-5-6-19-13/h1-7H,(H2,14,16)(H,15,17,18). The Morgan fingerprint density at radius 3 is 2.95 bits per heavy atom. The first-order valence-electron chi connectivity index (χ1n) is 5.60. The molecule has 1 aromatic carbocycles. The number of anilines is 2. The Labute approximate surface area is 113 Å². The lowest BCUT2D eigenvalue weighted by Gasteiger charge is -2.05. The number of pyridine rings is 1. The average Bonchev–Trinajstić information content (AvgIpc) is 2.91. The summed E-state index contributed by atoms with van der Waals surface area (Å²) >= 11 is 1.35. The molecule has 2 aromatic heterocycles. The molecular formula is C13H10N4OS. The molecule has 0 saturated heterocycles. The van der Waals surface area contributed by atoms with Crippen LogP contribution in [0, 0.1) is 0 Å². The van der Waals surface area contributed by atoms with Gasteiger partial charge in [-0.2, -0.15) is 0 Å². The van der Waals surface area contributed by atoms with E-state index in [9.17, 15) is 4.79 Å². The highest BCUT2D eigenvalue weighted by Crippen LogP contribution is 2.20. The van der Waals surface area contributed by atoms with Gasteiger partial charge in [0.15, 0.2) is 5.13 Å². The normalized spacial score (nSPS) is 10.5. The summed E-state index contributed by atoms with van der Waals surface area (Å²) in [4.78, 5) is 20.2. The maximum absolute atomic E-state index is 12.0. The number of aromatic nitrogens is 2. The number of hydrogen-bond donors (Lipinski definition) is 2. The van der Waals surface area contributed by atoms with Crippen molar-refractivity contribution in [3.05, 3.63) is 47.6 Å². The van der Waals surface area contributed by atoms with Gasteiger partial charge < -0.3 is 5.73 Å². The van der Waals surface area contributed by atoms with E-state index >= 15 is 0 Å². The van der Waals surface area contributed by atoms with Crippen LogP contribution in [0.1, 0.15) is 10.5 Å². The summed E-state index contributed by atoms with van der Waals surface area (Å²) in [6, 6.07) is 9.27. The maximum atomic E-state index is 12.0. The molecule has 94 valence electrons. The van der Waals surface area contributed by atoms with Crippen molar-refractivity contribution in [2.24, 2.45) is 0 Å². The van der Waals surface area contributed by atoms with E-state index in [0.717, 1.165) is 10.8 Å². The highest BCUT2D eigenvalue weighted by atomic mass is 32.1. The fraction of sp³-hybridized carbons (Fsp3) is 0. The van der Waals surface area contributed by atoms with Gasteiger partial charge in [-0.1, -0.05) is 24.3 Å². The Morgan fingerprint density at radius 1 is 1.32 bits per heavy atom. The van der Waals surface area contributed by atoms with Crippen molar-refractivity contribution in [2.75, 3.05) is 11.1 Å². The Morgan fingerprint density at radius 2 is 2.16 bits per heavy atom. The number of thiazole rings is 1. The number of fused-ring (bicyclic) bond motifs is 1. The Bertz CT molecular complexity index is 739. The predicted octanol–water partition coefficient (Wildman–Crippen LogP) is 2.53. The van der Waals surface area contributed by atoms with Crippen LogP contribution in [0.15, 0.2) is 41.9 Å². The van der Waals surface area contributed by atoms with Crippen molar-refractivity contribution in [1.82, 2.24) is 9.97 Å². The topological polar surface area (TPSA) is 80.9 Å². The number of nitrogen functional groups attached to an aromatic ring is 1. The number of nitrogens with two attached hydrogens (primary N) is 1. The molecular weight excluding hydrogens is 260 g/mol. The van der Waals surface area contributed by atoms with Gasteiger partial charge in [-0.25, -0.2) is 9.97 Å². The highest BCUT2D eigenvalue weighted by molar-refractivity contribution is 7.13. The van der Waals surface area contributed by atoms with Gasteiger partial charge >= 0.3 is 0 Å². The molecule has 0 unspecified atom stereocenters. The fourth-order valence-corrected chi connectivity index (χ4v) is 2.31. The van der Waals surface area contributed by atoms with Crippen LogP contribution in [0.3, 0.4) is 0 Å². The first-order chi connectivity index (χ1) is 9.24. The van der Waals surface area contributed by atoms with Crippen molar-refractivity contribution in [1.29, 1.82) is 0 Å². The third-order valence-electron chi connectivity index (χ3n) is 2.66. The third kappa shape index (κ3) is 2.25. The monoisotopic (exact) mass is 270 g/mol. The van der Waals surface area contributed by atoms with Crippen molar-refractivity contribution in [3.63, 3.8) is 0 Å². The number of hydrogen-bond acceptors (Lipinski definition) is 5. The molecule has 0 aliphatic carbocycles. The summed E-state index contributed by atoms with van der Waals surface area (Å²) in [7, 11) is 0. The second kappa shape index (κ2) is 4.66. The van der Waals surface area contributed by atoms with E-state index in [1.165, 1.54) is 11.3 Å². The van der Waals surface area contributed by atoms with Crippen LogP contribution in [0.4, 0.5) is 10.9 Å². The average molecular weight is 270 g/mol. The van der Waals surface area contributed by atoms with Gasteiger partial charge in [-0.15, -0.1) is 11.3 Å². The zero-order chi connectivity index (χ0) is 13.2. The molecule has 6 heteroatoms. The molecule has 0 aliphatic rings. The van der Waals surface area contributed by atoms with Crippen molar-refractivity contribution >= 4 is 39.0 Å². The van der Waals surface area contributed by atoms with Gasteiger partial charge in [0.05, 0.1) is 0 Å². The lowest BCUT2D eigenvalue weighted by atomic mass is 10.1. The molecule has 3 N–H and O–H groups in total. The van der Waals surface area contributed by atoms with Gasteiger partial charge in [0.1, 0.15) is 11.5 Å². The molecule has 0 saturated carbocycles. The zero-order valence-corrected chi connectivity index (χ0v) is 10.6. The number of amides is 1. The summed E-state index contributed by atoms with van der Waals surface area (Å²) in [5.41, 5.74) is 6.15. The number of benzene rings is 1. The summed E-state index contributed by atoms with van der Waals surface area (Å²) in [6.45, 7) is 0. The minimum Gasteiger partial charge on any atom is -0.383 e. The first kappa shape index (κ1) is 11.6. The molecule has 5 nitrogen and oxygen atoms in total. The van der Waals surface area contributed by atoms with Gasteiger partial charge in [-0.05, 0) is 11.5 Å². The van der Waals surface area contributed by atoms with Gasteiger partial charge in [0.25, 0.3) is 5.91 Å². The predicted molar refractivity (Wildman–Crippen MR) is 76.2 cm³/mol. The molecule has 0 fully saturated rings. The highest BCUT2D eigenvalue weighted by Gasteiger charge is 2.11. The van der Waals surface area contributed by atoms with Crippen LogP contribution in [0.2, 0.25) is 0 Å². The maximum Gasteiger partial charge on any atom is 0.276 e. The Hall–Kier alpha value is -2.47. The summed E-state index contributed by atoms with van der Waals surface area (Å²) < 4.78 is 0. The second-order valence-electron chi connectivity index (χ2n) is 3.91. The smallest absolute Gasteiger partial charge is 0.276 e. The number of carbonyl (C=O) groups is 1. The van der Waals surface area contributed by atoms with Crippen LogP contribution in [0.5, 0.6) is 0 Å². The molecule has 2 heterocycles. The van der Waals surface area contributed by atoms with Crippen molar-refractivity contribution in [2.45, 2.75) is 0 Å². The van der Waals surface area contributed by atoms with Crippen molar-refractivity contribution < 1.29 is 4.79 Å². The lowest BCUT2D eigenvalue weighted by molar-refractivity contribution is 0.102. The number of carbonyl (C=O) groups excluding carboxylic acids is 1. The Kier molecular flexibility index (Phi) is 2.85. The van der Waals surface area contributed by atoms with E-state index in [-0.39, 0.29) is 11.6 Å². The van der Waals surface area contributed by atoms with Crippen molar-refractivity contribution in [3.8, 4) is 0 Å². The SMILES string of the molecule is Nc1nc(C(=O)Nc2nccs2)cc2ccccc12. The van der Waals surface area contributed by atoms with Crippen LogP contribution in [-0.4, -0.2) is 15.9 Å². The molecule has 0 radical (unpaired) electrons. The largest absolute Gasteiger partial charge is 0.383 e. The van der Waals surface area contributed by atoms with Crippen LogP contribution in [0.25, 0.3) is 10.8 Å². The number of nitrogens with zero attached hydrogens (tertiary/aromatic N) is 2. The minimum absolute atomic E-state index is 0.284. The van der Waals surface area contributed by atoms with Crippen LogP contribution >= 0.6 is 11.3 Å². The summed E-state index contributed by atoms with van der Waals surface area (Å²) in [5, 5.41) is 6.74. The van der Waals surface area contributed by atoms with E-state index in [1.54, 1.807) is 17.6 Å². The number of nitrogens with one attached hydrogen (secondary N) is 1. The molecule has 19 heavy (non-hydrogen) atoms. The van der Waals surface area contributed by atoms with Gasteiger partial charge in [0, 0.05) is 17.0 Å². The second-order valence-corrected chi connectivity index (χ2v) is 4.80. The quantitative estimate of drug-likeness (QED) is 0.749. The Balaban J connectivity index is 1.98.